The van der Waals surface area contributed by atoms with Gasteiger partial charge in [0, 0.05) is 21.8 Å². The molecule has 4 nitrogen and oxygen atoms in total. The Labute approximate surface area is 159 Å². The van der Waals surface area contributed by atoms with Crippen LogP contribution in [0, 0.1) is 0 Å². The van der Waals surface area contributed by atoms with Gasteiger partial charge in [-0.3, -0.25) is 4.79 Å². The van der Waals surface area contributed by atoms with Crippen molar-refractivity contribution in [2.75, 3.05) is 5.75 Å². The predicted molar refractivity (Wildman–Crippen MR) is 103 cm³/mol. The van der Waals surface area contributed by atoms with E-state index in [0.717, 1.165) is 33.6 Å². The maximum atomic E-state index is 12.2. The molecule has 2 heterocycles. The molecule has 0 saturated heterocycles. The summed E-state index contributed by atoms with van der Waals surface area (Å²) >= 11 is 9.12. The molecule has 128 valence electrons. The van der Waals surface area contributed by atoms with Crippen molar-refractivity contribution in [2.45, 2.75) is 30.8 Å². The number of thioether (sulfide) groups is 1. The summed E-state index contributed by atoms with van der Waals surface area (Å²) in [4.78, 5) is 23.5. The van der Waals surface area contributed by atoms with Crippen molar-refractivity contribution in [3.8, 4) is 0 Å². The zero-order chi connectivity index (χ0) is 17.2. The fourth-order valence-corrected chi connectivity index (χ4v) is 5.27. The highest BCUT2D eigenvalue weighted by atomic mass is 35.5. The normalized spacial score (nSPS) is 13.2. The lowest BCUT2D eigenvalue weighted by Crippen LogP contribution is -2.24. The van der Waals surface area contributed by atoms with Gasteiger partial charge < -0.3 is 5.32 Å². The second kappa shape index (κ2) is 7.32. The van der Waals surface area contributed by atoms with Crippen LogP contribution < -0.4 is 5.32 Å². The number of carbonyl (C=O) groups is 1. The first-order valence-corrected chi connectivity index (χ1v) is 10.3. The number of rotatable bonds is 5. The summed E-state index contributed by atoms with van der Waals surface area (Å²) < 4.78 is 0. The number of halogens is 1. The molecule has 0 aliphatic heterocycles. The van der Waals surface area contributed by atoms with Crippen molar-refractivity contribution >= 4 is 50.8 Å². The number of aromatic nitrogens is 2. The zero-order valence-electron chi connectivity index (χ0n) is 13.4. The summed E-state index contributed by atoms with van der Waals surface area (Å²) in [5.74, 6) is 0.350. The maximum Gasteiger partial charge on any atom is 0.230 e. The maximum absolute atomic E-state index is 12.2. The van der Waals surface area contributed by atoms with E-state index in [-0.39, 0.29) is 5.91 Å². The molecule has 3 aromatic rings. The molecule has 1 N–H and O–H groups in total. The quantitative estimate of drug-likeness (QED) is 0.523. The lowest BCUT2D eigenvalue weighted by Gasteiger charge is -2.06. The molecule has 0 atom stereocenters. The van der Waals surface area contributed by atoms with E-state index in [1.165, 1.54) is 28.6 Å². The molecule has 1 aliphatic carbocycles. The van der Waals surface area contributed by atoms with Gasteiger partial charge in [-0.25, -0.2) is 9.97 Å². The van der Waals surface area contributed by atoms with Gasteiger partial charge in [0.25, 0.3) is 0 Å². The SMILES string of the molecule is O=C(CSc1ncnc2sc3c(c12)CCC3)NCc1ccc(Cl)cc1. The molecule has 0 fully saturated rings. The average molecular weight is 390 g/mol. The second-order valence-corrected chi connectivity index (χ2v) is 8.39. The number of nitrogens with zero attached hydrogens (tertiary/aromatic N) is 2. The summed E-state index contributed by atoms with van der Waals surface area (Å²) in [6.07, 6.45) is 5.04. The lowest BCUT2D eigenvalue weighted by atomic mass is 10.2. The third kappa shape index (κ3) is 3.66. The van der Waals surface area contributed by atoms with Crippen LogP contribution in [0.4, 0.5) is 0 Å². The van der Waals surface area contributed by atoms with E-state index < -0.39 is 0 Å². The number of hydrogen-bond acceptors (Lipinski definition) is 5. The highest BCUT2D eigenvalue weighted by Crippen LogP contribution is 2.39. The number of benzene rings is 1. The molecule has 1 aromatic carbocycles. The number of hydrogen-bond donors (Lipinski definition) is 1. The minimum Gasteiger partial charge on any atom is -0.351 e. The van der Waals surface area contributed by atoms with E-state index in [9.17, 15) is 4.79 Å². The van der Waals surface area contributed by atoms with E-state index in [0.29, 0.717) is 17.3 Å². The van der Waals surface area contributed by atoms with Gasteiger partial charge >= 0.3 is 0 Å². The molecule has 0 radical (unpaired) electrons. The third-order valence-corrected chi connectivity index (χ3v) is 6.65. The number of nitrogens with one attached hydrogen (secondary N) is 1. The van der Waals surface area contributed by atoms with Gasteiger partial charge in [0.05, 0.1) is 5.75 Å². The van der Waals surface area contributed by atoms with Gasteiger partial charge in [0.15, 0.2) is 0 Å². The van der Waals surface area contributed by atoms with Crippen LogP contribution >= 0.6 is 34.7 Å². The monoisotopic (exact) mass is 389 g/mol. The van der Waals surface area contributed by atoms with Crippen LogP contribution in [0.25, 0.3) is 10.2 Å². The Balaban J connectivity index is 1.40. The fourth-order valence-electron chi connectivity index (χ4n) is 3.00. The van der Waals surface area contributed by atoms with E-state index in [1.54, 1.807) is 17.7 Å². The summed E-state index contributed by atoms with van der Waals surface area (Å²) in [5, 5.41) is 5.72. The van der Waals surface area contributed by atoms with Crippen LogP contribution in [0.3, 0.4) is 0 Å². The van der Waals surface area contributed by atoms with E-state index in [2.05, 4.69) is 15.3 Å². The first-order valence-electron chi connectivity index (χ1n) is 8.10. The molecule has 7 heteroatoms. The first kappa shape index (κ1) is 16.8. The van der Waals surface area contributed by atoms with Gasteiger partial charge in [0.1, 0.15) is 16.2 Å². The molecule has 1 amide bonds. The van der Waals surface area contributed by atoms with Crippen LogP contribution in [0.2, 0.25) is 5.02 Å². The third-order valence-electron chi connectivity index (χ3n) is 4.21. The molecule has 1 aliphatic rings. The van der Waals surface area contributed by atoms with Crippen LogP contribution in [-0.4, -0.2) is 21.6 Å². The minimum atomic E-state index is -0.00131. The summed E-state index contributed by atoms with van der Waals surface area (Å²) in [6.45, 7) is 0.504. The number of amides is 1. The minimum absolute atomic E-state index is 0.00131. The topological polar surface area (TPSA) is 54.9 Å². The highest BCUT2D eigenvalue weighted by Gasteiger charge is 2.21. The van der Waals surface area contributed by atoms with Gasteiger partial charge in [-0.05, 0) is 42.5 Å². The average Bonchev–Trinajstić information content (AvgIpc) is 3.20. The Kier molecular flexibility index (Phi) is 4.92. The molecule has 4 rings (SSSR count). The number of carbonyl (C=O) groups excluding carboxylic acids is 1. The van der Waals surface area contributed by atoms with Crippen LogP contribution in [-0.2, 0) is 24.2 Å². The van der Waals surface area contributed by atoms with Gasteiger partial charge in [-0.2, -0.15) is 0 Å². The lowest BCUT2D eigenvalue weighted by molar-refractivity contribution is -0.118. The van der Waals surface area contributed by atoms with Crippen molar-refractivity contribution < 1.29 is 4.79 Å². The Morgan fingerprint density at radius 1 is 1.24 bits per heavy atom. The van der Waals surface area contributed by atoms with Crippen LogP contribution in [0.5, 0.6) is 0 Å². The van der Waals surface area contributed by atoms with Gasteiger partial charge in [0.2, 0.25) is 5.91 Å². The number of aryl methyl sites for hydroxylation is 2. The summed E-state index contributed by atoms with van der Waals surface area (Å²) in [6, 6.07) is 7.48. The van der Waals surface area contributed by atoms with E-state index in [4.69, 9.17) is 11.6 Å². The Hall–Kier alpha value is -1.63. The highest BCUT2D eigenvalue weighted by molar-refractivity contribution is 8.00. The molecule has 0 unspecified atom stereocenters. The zero-order valence-corrected chi connectivity index (χ0v) is 15.8. The van der Waals surface area contributed by atoms with Crippen LogP contribution in [0.1, 0.15) is 22.4 Å². The van der Waals surface area contributed by atoms with E-state index >= 15 is 0 Å². The Morgan fingerprint density at radius 3 is 2.92 bits per heavy atom. The molecule has 0 bridgehead atoms. The van der Waals surface area contributed by atoms with Gasteiger partial charge in [-0.1, -0.05) is 35.5 Å². The number of thiophene rings is 1. The molecular formula is C18H16ClN3OS2. The summed E-state index contributed by atoms with van der Waals surface area (Å²) in [7, 11) is 0. The molecular weight excluding hydrogens is 374 g/mol. The number of fused-ring (bicyclic) bond motifs is 3. The molecule has 2 aromatic heterocycles. The fraction of sp³-hybridized carbons (Fsp3) is 0.278. The van der Waals surface area contributed by atoms with Crippen molar-refractivity contribution in [2.24, 2.45) is 0 Å². The van der Waals surface area contributed by atoms with Crippen molar-refractivity contribution in [3.63, 3.8) is 0 Å². The van der Waals surface area contributed by atoms with Crippen LogP contribution in [0.15, 0.2) is 35.6 Å². The largest absolute Gasteiger partial charge is 0.351 e. The van der Waals surface area contributed by atoms with Crippen molar-refractivity contribution in [1.82, 2.24) is 15.3 Å². The smallest absolute Gasteiger partial charge is 0.230 e. The molecule has 0 spiro atoms. The molecule has 25 heavy (non-hydrogen) atoms. The first-order chi connectivity index (χ1) is 12.2. The standard InChI is InChI=1S/C18H16ClN3OS2/c19-12-6-4-11(5-7-12)8-20-15(23)9-24-17-16-13-2-1-3-14(13)25-18(16)22-10-21-17/h4-7,10H,1-3,8-9H2,(H,20,23). The van der Waals surface area contributed by atoms with Crippen molar-refractivity contribution in [3.05, 3.63) is 51.6 Å². The summed E-state index contributed by atoms with van der Waals surface area (Å²) in [5.41, 5.74) is 2.42. The Morgan fingerprint density at radius 2 is 2.08 bits per heavy atom. The van der Waals surface area contributed by atoms with Gasteiger partial charge in [-0.15, -0.1) is 11.3 Å². The van der Waals surface area contributed by atoms with E-state index in [1.807, 2.05) is 24.3 Å². The van der Waals surface area contributed by atoms with Crippen molar-refractivity contribution in [1.29, 1.82) is 0 Å². The predicted octanol–water partition coefficient (Wildman–Crippen LogP) is 4.24. The Bertz CT molecular complexity index is 924. The molecule has 0 saturated carbocycles. The second-order valence-electron chi connectivity index (χ2n) is 5.91.